The largest absolute Gasteiger partial charge is 0.382 e. The van der Waals surface area contributed by atoms with Crippen molar-refractivity contribution in [1.82, 2.24) is 24.3 Å². The number of fused-ring (bicyclic) bond motifs is 2. The highest BCUT2D eigenvalue weighted by Gasteiger charge is 2.33. The summed E-state index contributed by atoms with van der Waals surface area (Å²) < 4.78 is 6.97. The summed E-state index contributed by atoms with van der Waals surface area (Å²) in [5.41, 5.74) is 10.1. The first-order valence-corrected chi connectivity index (χ1v) is 14.3. The molecule has 0 spiro atoms. The fourth-order valence-electron chi connectivity index (χ4n) is 5.52. The second kappa shape index (κ2) is 11.2. The van der Waals surface area contributed by atoms with Crippen LogP contribution < -0.4 is 11.1 Å². The van der Waals surface area contributed by atoms with Crippen LogP contribution in [0.5, 0.6) is 0 Å². The minimum atomic E-state index is -0.198. The number of nitrogen functional groups attached to an aromatic ring is 1. The van der Waals surface area contributed by atoms with Crippen LogP contribution in [0, 0.1) is 0 Å². The van der Waals surface area contributed by atoms with Gasteiger partial charge in [-0.05, 0) is 50.7 Å². The molecule has 11 heteroatoms. The van der Waals surface area contributed by atoms with E-state index in [1.165, 1.54) is 11.3 Å². The number of nitrogens with zero attached hydrogens (tertiary/aromatic N) is 5. The minimum Gasteiger partial charge on any atom is -0.382 e. The fourth-order valence-corrected chi connectivity index (χ4v) is 6.56. The summed E-state index contributed by atoms with van der Waals surface area (Å²) in [5, 5.41) is 3.61. The van der Waals surface area contributed by atoms with Gasteiger partial charge >= 0.3 is 0 Å². The van der Waals surface area contributed by atoms with Crippen LogP contribution in [0.3, 0.4) is 0 Å². The number of anilines is 2. The molecule has 0 bridgehead atoms. The van der Waals surface area contributed by atoms with Crippen LogP contribution >= 0.6 is 11.3 Å². The number of aryl methyl sites for hydroxylation is 2. The van der Waals surface area contributed by atoms with Crippen molar-refractivity contribution in [3.63, 3.8) is 0 Å². The lowest BCUT2D eigenvalue weighted by molar-refractivity contribution is -0.127. The van der Waals surface area contributed by atoms with Gasteiger partial charge in [-0.1, -0.05) is 18.2 Å². The monoisotopic (exact) mass is 557 g/mol. The highest BCUT2D eigenvalue weighted by molar-refractivity contribution is 7.15. The molecule has 0 radical (unpaired) electrons. The van der Waals surface area contributed by atoms with Gasteiger partial charge in [0.05, 0.1) is 18.3 Å². The summed E-state index contributed by atoms with van der Waals surface area (Å²) in [7, 11) is 1.59. The van der Waals surface area contributed by atoms with Crippen LogP contribution in [0.15, 0.2) is 48.8 Å². The molecular weight excluding hydrogens is 526 g/mol. The van der Waals surface area contributed by atoms with Gasteiger partial charge in [0.1, 0.15) is 22.9 Å². The number of amides is 2. The maximum atomic E-state index is 13.0. The van der Waals surface area contributed by atoms with E-state index < -0.39 is 0 Å². The molecule has 2 amide bonds. The Hall–Kier alpha value is -4.09. The average molecular weight is 558 g/mol. The van der Waals surface area contributed by atoms with Gasteiger partial charge in [-0.2, -0.15) is 0 Å². The molecule has 1 atom stereocenters. The number of carbonyl (C=O) groups excluding carboxylic acids is 2. The lowest BCUT2D eigenvalue weighted by atomic mass is 10.0. The highest BCUT2D eigenvalue weighted by Crippen LogP contribution is 2.37. The Labute approximate surface area is 235 Å². The molecule has 40 heavy (non-hydrogen) atoms. The van der Waals surface area contributed by atoms with Gasteiger partial charge in [0.15, 0.2) is 5.13 Å². The van der Waals surface area contributed by atoms with Crippen molar-refractivity contribution in [1.29, 1.82) is 0 Å². The van der Waals surface area contributed by atoms with E-state index in [-0.39, 0.29) is 17.9 Å². The first kappa shape index (κ1) is 26.1. The smallest absolute Gasteiger partial charge is 0.257 e. The van der Waals surface area contributed by atoms with Crippen LogP contribution in [0.1, 0.15) is 58.5 Å². The fraction of sp³-hybridized carbons (Fsp3) is 0.345. The molecule has 3 N–H and O–H groups in total. The van der Waals surface area contributed by atoms with Gasteiger partial charge in [-0.3, -0.25) is 19.3 Å². The third-order valence-electron chi connectivity index (χ3n) is 7.45. The molecule has 0 saturated carbocycles. The molecule has 2 aliphatic rings. The van der Waals surface area contributed by atoms with Gasteiger partial charge in [0.25, 0.3) is 5.91 Å². The van der Waals surface area contributed by atoms with Crippen LogP contribution in [0.25, 0.3) is 16.8 Å². The highest BCUT2D eigenvalue weighted by atomic mass is 32.1. The zero-order valence-electron chi connectivity index (χ0n) is 22.3. The molecule has 206 valence electrons. The number of ether oxygens (including phenoxy) is 1. The van der Waals surface area contributed by atoms with E-state index in [9.17, 15) is 9.59 Å². The lowest BCUT2D eigenvalue weighted by Crippen LogP contribution is -2.30. The molecule has 1 aliphatic carbocycles. The van der Waals surface area contributed by atoms with Crippen LogP contribution in [-0.2, 0) is 22.4 Å². The SMILES string of the molecule is COCC=CC(=O)N1CCC[C@H]1c1nc(-c2ccc(C(=O)Nc3nc4c(s3)CCCC4)cc2)c2c(N)nccn12. The molecule has 3 aromatic heterocycles. The van der Waals surface area contributed by atoms with E-state index in [1.807, 2.05) is 27.6 Å². The number of hydrogen-bond acceptors (Lipinski definition) is 8. The second-order valence-corrected chi connectivity index (χ2v) is 11.1. The Bertz CT molecular complexity index is 1570. The first-order valence-electron chi connectivity index (χ1n) is 13.5. The second-order valence-electron chi connectivity index (χ2n) is 10.0. The van der Waals surface area contributed by atoms with E-state index in [4.69, 9.17) is 15.5 Å². The van der Waals surface area contributed by atoms with Crippen molar-refractivity contribution >= 4 is 39.6 Å². The standard InChI is InChI=1S/C29H31N7O3S/c1-39-17-5-9-23(37)35-15-4-7-21(35)27-33-24(25-26(30)31-14-16-36(25)27)18-10-12-19(13-11-18)28(38)34-29-32-20-6-2-3-8-22(20)40-29/h5,9-14,16,21H,2-4,6-8,15,17H2,1H3,(H2,30,31)(H,32,34,38)/t21-/m0/s1. The number of benzene rings is 1. The molecule has 1 fully saturated rings. The van der Waals surface area contributed by atoms with Crippen molar-refractivity contribution in [2.75, 3.05) is 31.3 Å². The van der Waals surface area contributed by atoms with Crippen molar-refractivity contribution in [2.45, 2.75) is 44.6 Å². The zero-order chi connectivity index (χ0) is 27.6. The maximum absolute atomic E-state index is 13.0. The molecule has 0 unspecified atom stereocenters. The third-order valence-corrected chi connectivity index (χ3v) is 8.53. The van der Waals surface area contributed by atoms with Crippen LogP contribution in [0.4, 0.5) is 10.9 Å². The number of methoxy groups -OCH3 is 1. The first-order chi connectivity index (χ1) is 19.5. The predicted molar refractivity (Wildman–Crippen MR) is 154 cm³/mol. The lowest BCUT2D eigenvalue weighted by Gasteiger charge is -2.22. The van der Waals surface area contributed by atoms with E-state index in [0.717, 1.165) is 49.2 Å². The summed E-state index contributed by atoms with van der Waals surface area (Å²) in [5.74, 6) is 0.813. The number of imidazole rings is 1. The molecule has 1 aliphatic heterocycles. The van der Waals surface area contributed by atoms with Crippen molar-refractivity contribution in [2.24, 2.45) is 0 Å². The number of aromatic nitrogens is 4. The van der Waals surface area contributed by atoms with Gasteiger partial charge in [0.2, 0.25) is 5.91 Å². The Morgan fingerprint density at radius 3 is 2.80 bits per heavy atom. The summed E-state index contributed by atoms with van der Waals surface area (Å²) in [4.78, 5) is 42.9. The Morgan fingerprint density at radius 1 is 1.18 bits per heavy atom. The van der Waals surface area contributed by atoms with Crippen molar-refractivity contribution < 1.29 is 14.3 Å². The predicted octanol–water partition coefficient (Wildman–Crippen LogP) is 4.43. The van der Waals surface area contributed by atoms with E-state index in [2.05, 4.69) is 15.3 Å². The summed E-state index contributed by atoms with van der Waals surface area (Å²) in [6.07, 6.45) is 12.8. The van der Waals surface area contributed by atoms with Gasteiger partial charge in [-0.15, -0.1) is 11.3 Å². The molecule has 10 nitrogen and oxygen atoms in total. The Morgan fingerprint density at radius 2 is 2.00 bits per heavy atom. The maximum Gasteiger partial charge on any atom is 0.257 e. The van der Waals surface area contributed by atoms with Crippen LogP contribution in [-0.4, -0.2) is 56.3 Å². The number of nitrogens with one attached hydrogen (secondary N) is 1. The van der Waals surface area contributed by atoms with Gasteiger partial charge in [0, 0.05) is 48.1 Å². The number of hydrogen-bond donors (Lipinski definition) is 2. The minimum absolute atomic E-state index is 0.0728. The molecule has 1 aromatic carbocycles. The third kappa shape index (κ3) is 4.98. The number of carbonyl (C=O) groups is 2. The normalized spacial score (nSPS) is 17.0. The van der Waals surface area contributed by atoms with Crippen molar-refractivity contribution in [3.8, 4) is 11.3 Å². The van der Waals surface area contributed by atoms with E-state index >= 15 is 0 Å². The summed E-state index contributed by atoms with van der Waals surface area (Å²) in [6.45, 7) is 1.03. The number of nitrogens with two attached hydrogens (primary N) is 1. The Kier molecular flexibility index (Phi) is 7.31. The van der Waals surface area contributed by atoms with Gasteiger partial charge in [-0.25, -0.2) is 15.0 Å². The number of thiazole rings is 1. The van der Waals surface area contributed by atoms with Crippen molar-refractivity contribution in [3.05, 3.63) is 70.8 Å². The zero-order valence-corrected chi connectivity index (χ0v) is 23.1. The van der Waals surface area contributed by atoms with Crippen LogP contribution in [0.2, 0.25) is 0 Å². The quantitative estimate of drug-likeness (QED) is 0.322. The summed E-state index contributed by atoms with van der Waals surface area (Å²) in [6, 6.07) is 7.09. The molecule has 6 rings (SSSR count). The number of rotatable bonds is 7. The summed E-state index contributed by atoms with van der Waals surface area (Å²) >= 11 is 1.57. The van der Waals surface area contributed by atoms with Gasteiger partial charge < -0.3 is 15.4 Å². The molecule has 1 saturated heterocycles. The van der Waals surface area contributed by atoms with E-state index in [0.29, 0.717) is 40.9 Å². The molecule has 4 aromatic rings. The topological polar surface area (TPSA) is 128 Å². The van der Waals surface area contributed by atoms with E-state index in [1.54, 1.807) is 48.9 Å². The average Bonchev–Trinajstić information content (AvgIpc) is 3.70. The molecular formula is C29H31N7O3S. The Balaban J connectivity index is 1.28. The molecule has 4 heterocycles. The number of likely N-dealkylation sites (tertiary alicyclic amines) is 1.